The number of anilines is 1. The first-order valence-corrected chi connectivity index (χ1v) is 3.95. The van der Waals surface area contributed by atoms with Crippen LogP contribution in [0.1, 0.15) is 0 Å². The Morgan fingerprint density at radius 2 is 2.14 bits per heavy atom. The third kappa shape index (κ3) is 2.94. The van der Waals surface area contributed by atoms with Crippen LogP contribution >= 0.6 is 0 Å². The Morgan fingerprint density at radius 3 is 2.79 bits per heavy atom. The summed E-state index contributed by atoms with van der Waals surface area (Å²) >= 11 is 0. The number of para-hydroxylation sites is 2. The van der Waals surface area contributed by atoms with Crippen molar-refractivity contribution < 1.29 is 13.5 Å². The molecule has 0 aliphatic rings. The molecule has 0 unspecified atom stereocenters. The maximum Gasteiger partial charge on any atom is 0.387 e. The van der Waals surface area contributed by atoms with E-state index >= 15 is 0 Å². The average Bonchev–Trinajstić information content (AvgIpc) is 2.16. The highest BCUT2D eigenvalue weighted by Crippen LogP contribution is 2.24. The third-order valence-corrected chi connectivity index (χ3v) is 1.48. The standard InChI is InChI=1S/C10H9F2NO/c1-2-7-13-8-5-3-4-6-9(8)14-10(11)12/h1,3-6,10,13H,7H2. The lowest BCUT2D eigenvalue weighted by Crippen LogP contribution is -2.06. The van der Waals surface area contributed by atoms with Crippen LogP contribution in [0.3, 0.4) is 0 Å². The summed E-state index contributed by atoms with van der Waals surface area (Å²) in [6, 6.07) is 6.38. The molecule has 1 N–H and O–H groups in total. The predicted octanol–water partition coefficient (Wildman–Crippen LogP) is 2.33. The van der Waals surface area contributed by atoms with E-state index in [0.29, 0.717) is 5.69 Å². The molecule has 0 aliphatic heterocycles. The zero-order valence-corrected chi connectivity index (χ0v) is 7.34. The van der Waals surface area contributed by atoms with Crippen molar-refractivity contribution in [2.24, 2.45) is 0 Å². The largest absolute Gasteiger partial charge is 0.433 e. The number of ether oxygens (including phenoxy) is 1. The third-order valence-electron chi connectivity index (χ3n) is 1.48. The molecule has 0 saturated carbocycles. The maximum absolute atomic E-state index is 11.9. The van der Waals surface area contributed by atoms with Gasteiger partial charge in [-0.05, 0) is 12.1 Å². The van der Waals surface area contributed by atoms with Crippen molar-refractivity contribution in [3.8, 4) is 18.1 Å². The van der Waals surface area contributed by atoms with Gasteiger partial charge in [-0.15, -0.1) is 6.42 Å². The van der Waals surface area contributed by atoms with Crippen LogP contribution in [0.5, 0.6) is 5.75 Å². The monoisotopic (exact) mass is 197 g/mol. The topological polar surface area (TPSA) is 21.3 Å². The molecule has 74 valence electrons. The number of terminal acetylenes is 1. The van der Waals surface area contributed by atoms with Crippen LogP contribution in [0.4, 0.5) is 14.5 Å². The van der Waals surface area contributed by atoms with Gasteiger partial charge in [0.2, 0.25) is 0 Å². The van der Waals surface area contributed by atoms with Gasteiger partial charge in [0.25, 0.3) is 0 Å². The van der Waals surface area contributed by atoms with Gasteiger partial charge in [0.1, 0.15) is 5.75 Å². The Morgan fingerprint density at radius 1 is 1.43 bits per heavy atom. The molecule has 1 aromatic rings. The van der Waals surface area contributed by atoms with Crippen LogP contribution in [0.15, 0.2) is 24.3 Å². The summed E-state index contributed by atoms with van der Waals surface area (Å²) in [5.41, 5.74) is 0.464. The van der Waals surface area contributed by atoms with Crippen LogP contribution < -0.4 is 10.1 Å². The Kier molecular flexibility index (Phi) is 3.74. The van der Waals surface area contributed by atoms with Crippen molar-refractivity contribution in [2.75, 3.05) is 11.9 Å². The zero-order chi connectivity index (χ0) is 10.4. The molecule has 14 heavy (non-hydrogen) atoms. The lowest BCUT2D eigenvalue weighted by atomic mass is 10.3. The molecule has 0 aliphatic carbocycles. The molecule has 1 aromatic carbocycles. The van der Waals surface area contributed by atoms with Gasteiger partial charge in [0.15, 0.2) is 0 Å². The summed E-state index contributed by atoms with van der Waals surface area (Å²) in [5.74, 6) is 2.44. The predicted molar refractivity (Wildman–Crippen MR) is 50.4 cm³/mol. The molecular weight excluding hydrogens is 188 g/mol. The highest BCUT2D eigenvalue weighted by atomic mass is 19.3. The molecule has 0 heterocycles. The summed E-state index contributed by atoms with van der Waals surface area (Å²) in [6.45, 7) is -2.56. The van der Waals surface area contributed by atoms with Crippen molar-refractivity contribution in [1.29, 1.82) is 0 Å². The first-order valence-electron chi connectivity index (χ1n) is 3.95. The van der Waals surface area contributed by atoms with Crippen molar-refractivity contribution in [3.05, 3.63) is 24.3 Å². The minimum Gasteiger partial charge on any atom is -0.433 e. The quantitative estimate of drug-likeness (QED) is 0.748. The van der Waals surface area contributed by atoms with Crippen LogP contribution in [-0.2, 0) is 0 Å². The summed E-state index contributed by atoms with van der Waals surface area (Å²) in [5, 5.41) is 2.77. The van der Waals surface area contributed by atoms with Gasteiger partial charge in [-0.2, -0.15) is 8.78 Å². The van der Waals surface area contributed by atoms with Gasteiger partial charge in [-0.25, -0.2) is 0 Å². The Labute approximate surface area is 80.9 Å². The molecule has 0 aromatic heterocycles. The van der Waals surface area contributed by atoms with Gasteiger partial charge in [0.05, 0.1) is 12.2 Å². The molecule has 0 atom stereocenters. The van der Waals surface area contributed by atoms with Crippen molar-refractivity contribution in [1.82, 2.24) is 0 Å². The van der Waals surface area contributed by atoms with Gasteiger partial charge < -0.3 is 10.1 Å². The van der Waals surface area contributed by atoms with E-state index in [1.165, 1.54) is 6.07 Å². The minimum atomic E-state index is -2.83. The van der Waals surface area contributed by atoms with E-state index in [2.05, 4.69) is 16.0 Å². The average molecular weight is 197 g/mol. The number of hydrogen-bond acceptors (Lipinski definition) is 2. The molecule has 0 bridgehead atoms. The van der Waals surface area contributed by atoms with Crippen LogP contribution in [0.2, 0.25) is 0 Å². The fourth-order valence-corrected chi connectivity index (χ4v) is 0.958. The molecule has 0 fully saturated rings. The number of rotatable bonds is 4. The van der Waals surface area contributed by atoms with Gasteiger partial charge >= 0.3 is 6.61 Å². The Balaban J connectivity index is 2.76. The van der Waals surface area contributed by atoms with E-state index in [4.69, 9.17) is 6.42 Å². The number of hydrogen-bond donors (Lipinski definition) is 1. The Bertz CT molecular complexity index is 333. The SMILES string of the molecule is C#CCNc1ccccc1OC(F)F. The number of benzene rings is 1. The van der Waals surface area contributed by atoms with Crippen LogP contribution in [0, 0.1) is 12.3 Å². The summed E-state index contributed by atoms with van der Waals surface area (Å²) in [6.07, 6.45) is 5.03. The second-order valence-corrected chi connectivity index (χ2v) is 2.43. The highest BCUT2D eigenvalue weighted by Gasteiger charge is 2.07. The molecule has 0 amide bonds. The normalized spacial score (nSPS) is 9.57. The number of nitrogens with one attached hydrogen (secondary N) is 1. The zero-order valence-electron chi connectivity index (χ0n) is 7.34. The van der Waals surface area contributed by atoms with Gasteiger partial charge in [-0.1, -0.05) is 18.1 Å². The van der Waals surface area contributed by atoms with Crippen molar-refractivity contribution in [3.63, 3.8) is 0 Å². The second kappa shape index (κ2) is 5.07. The van der Waals surface area contributed by atoms with E-state index < -0.39 is 6.61 Å². The smallest absolute Gasteiger partial charge is 0.387 e. The molecule has 0 radical (unpaired) electrons. The Hall–Kier alpha value is -1.76. The van der Waals surface area contributed by atoms with E-state index in [9.17, 15) is 8.78 Å². The molecular formula is C10H9F2NO. The van der Waals surface area contributed by atoms with Crippen molar-refractivity contribution >= 4 is 5.69 Å². The second-order valence-electron chi connectivity index (χ2n) is 2.43. The fraction of sp³-hybridized carbons (Fsp3) is 0.200. The van der Waals surface area contributed by atoms with Gasteiger partial charge in [0, 0.05) is 0 Å². The minimum absolute atomic E-state index is 0.0951. The lowest BCUT2D eigenvalue weighted by molar-refractivity contribution is -0.0493. The van der Waals surface area contributed by atoms with E-state index in [0.717, 1.165) is 0 Å². The molecule has 0 spiro atoms. The molecule has 1 rings (SSSR count). The first kappa shape index (κ1) is 10.3. The maximum atomic E-state index is 11.9. The summed E-state index contributed by atoms with van der Waals surface area (Å²) < 4.78 is 28.1. The number of halogens is 2. The highest BCUT2D eigenvalue weighted by molar-refractivity contribution is 5.56. The molecule has 4 heteroatoms. The molecule has 2 nitrogen and oxygen atoms in total. The number of alkyl halides is 2. The van der Waals surface area contributed by atoms with E-state index in [1.807, 2.05) is 0 Å². The fourth-order valence-electron chi connectivity index (χ4n) is 0.958. The van der Waals surface area contributed by atoms with Crippen molar-refractivity contribution in [2.45, 2.75) is 6.61 Å². The van der Waals surface area contributed by atoms with Crippen LogP contribution in [0.25, 0.3) is 0 Å². The molecule has 0 saturated heterocycles. The van der Waals surface area contributed by atoms with Crippen LogP contribution in [-0.4, -0.2) is 13.2 Å². The van der Waals surface area contributed by atoms with E-state index in [1.54, 1.807) is 18.2 Å². The van der Waals surface area contributed by atoms with Gasteiger partial charge in [-0.3, -0.25) is 0 Å². The summed E-state index contributed by atoms with van der Waals surface area (Å²) in [4.78, 5) is 0. The first-order chi connectivity index (χ1) is 6.74. The van der Waals surface area contributed by atoms with E-state index in [-0.39, 0.29) is 12.3 Å². The lowest BCUT2D eigenvalue weighted by Gasteiger charge is -2.10. The summed E-state index contributed by atoms with van der Waals surface area (Å²) in [7, 11) is 0.